The zero-order valence-corrected chi connectivity index (χ0v) is 14.9. The van der Waals surface area contributed by atoms with Crippen molar-refractivity contribution in [3.05, 3.63) is 65.2 Å². The fourth-order valence-corrected chi connectivity index (χ4v) is 4.67. The molecule has 5 rings (SSSR count). The lowest BCUT2D eigenvalue weighted by Crippen LogP contribution is -2.39. The summed E-state index contributed by atoms with van der Waals surface area (Å²) in [4.78, 5) is 27.5. The Hall–Kier alpha value is -2.15. The van der Waals surface area contributed by atoms with Gasteiger partial charge in [0, 0.05) is 4.90 Å². The van der Waals surface area contributed by atoms with Crippen LogP contribution in [0.5, 0.6) is 0 Å². The third-order valence-electron chi connectivity index (χ3n) is 5.02. The van der Waals surface area contributed by atoms with Crippen LogP contribution in [0, 0.1) is 6.92 Å². The van der Waals surface area contributed by atoms with Gasteiger partial charge in [0.1, 0.15) is 23.7 Å². The third kappa shape index (κ3) is 2.57. The van der Waals surface area contributed by atoms with E-state index >= 15 is 0 Å². The lowest BCUT2D eigenvalue weighted by Gasteiger charge is -2.21. The van der Waals surface area contributed by atoms with Crippen LogP contribution in [0.25, 0.3) is 0 Å². The maximum absolute atomic E-state index is 12.5. The highest BCUT2D eigenvalue weighted by Gasteiger charge is 2.59. The van der Waals surface area contributed by atoms with E-state index in [1.807, 2.05) is 0 Å². The first kappa shape index (κ1) is 16.1. The Morgan fingerprint density at radius 1 is 0.923 bits per heavy atom. The molecule has 0 N–H and O–H groups in total. The van der Waals surface area contributed by atoms with Crippen molar-refractivity contribution in [2.45, 2.75) is 35.6 Å². The summed E-state index contributed by atoms with van der Waals surface area (Å²) in [5.74, 6) is -0.498. The smallest absolute Gasteiger partial charge is 0.261 e. The zero-order chi connectivity index (χ0) is 17.8. The van der Waals surface area contributed by atoms with E-state index in [0.717, 1.165) is 4.90 Å². The van der Waals surface area contributed by atoms with E-state index in [-0.39, 0.29) is 42.1 Å². The number of carbonyl (C=O) groups is 2. The first-order chi connectivity index (χ1) is 12.6. The third-order valence-corrected chi connectivity index (χ3v) is 6.17. The number of hydrogen-bond donors (Lipinski definition) is 0. The van der Waals surface area contributed by atoms with Gasteiger partial charge < -0.3 is 9.47 Å². The molecular weight excluding hydrogens is 350 g/mol. The first-order valence-corrected chi connectivity index (χ1v) is 9.49. The predicted octanol–water partition coefficient (Wildman–Crippen LogP) is 2.88. The molecule has 3 aliphatic heterocycles. The van der Waals surface area contributed by atoms with Gasteiger partial charge in [0.05, 0.1) is 17.7 Å². The van der Waals surface area contributed by atoms with Crippen molar-refractivity contribution in [2.75, 3.05) is 6.54 Å². The zero-order valence-electron chi connectivity index (χ0n) is 14.1. The minimum atomic E-state index is -0.273. The SMILES string of the molecule is Cc1ccc(S[C@H]2O[C@H](CN3C(=O)c4ccccc4C3=O)[C@@H]3O[C@@H]32)cc1. The summed E-state index contributed by atoms with van der Waals surface area (Å²) in [5, 5.41) is 0. The molecule has 5 nitrogen and oxygen atoms in total. The molecule has 4 atom stereocenters. The Labute approximate surface area is 155 Å². The molecule has 2 aromatic rings. The van der Waals surface area contributed by atoms with Gasteiger partial charge in [0.2, 0.25) is 0 Å². The van der Waals surface area contributed by atoms with Crippen LogP contribution in [0.15, 0.2) is 53.4 Å². The lowest BCUT2D eigenvalue weighted by molar-refractivity contribution is -0.00264. The highest BCUT2D eigenvalue weighted by Crippen LogP contribution is 2.46. The number of benzene rings is 2. The second kappa shape index (κ2) is 5.94. The van der Waals surface area contributed by atoms with Gasteiger partial charge in [0.15, 0.2) is 0 Å². The summed E-state index contributed by atoms with van der Waals surface area (Å²) in [6, 6.07) is 15.2. The number of imide groups is 1. The summed E-state index contributed by atoms with van der Waals surface area (Å²) in [5.41, 5.74) is 2.04. The largest absolute Gasteiger partial charge is 0.363 e. The van der Waals surface area contributed by atoms with E-state index in [2.05, 4.69) is 31.2 Å². The monoisotopic (exact) mass is 367 g/mol. The van der Waals surface area contributed by atoms with Crippen LogP contribution in [0.2, 0.25) is 0 Å². The Morgan fingerprint density at radius 2 is 1.58 bits per heavy atom. The summed E-state index contributed by atoms with van der Waals surface area (Å²) in [6.45, 7) is 2.29. The van der Waals surface area contributed by atoms with Crippen LogP contribution >= 0.6 is 11.8 Å². The average molecular weight is 367 g/mol. The van der Waals surface area contributed by atoms with Crippen LogP contribution in [0.1, 0.15) is 26.3 Å². The maximum Gasteiger partial charge on any atom is 0.261 e. The molecule has 0 aliphatic carbocycles. The van der Waals surface area contributed by atoms with Crippen molar-refractivity contribution in [1.82, 2.24) is 4.90 Å². The summed E-state index contributed by atoms with van der Waals surface area (Å²) >= 11 is 1.62. The molecule has 26 heavy (non-hydrogen) atoms. The molecule has 0 spiro atoms. The van der Waals surface area contributed by atoms with Crippen LogP contribution in [-0.2, 0) is 9.47 Å². The topological polar surface area (TPSA) is 59.1 Å². The van der Waals surface area contributed by atoms with Crippen molar-refractivity contribution in [1.29, 1.82) is 0 Å². The molecule has 2 saturated heterocycles. The van der Waals surface area contributed by atoms with Gasteiger partial charge in [-0.2, -0.15) is 0 Å². The van der Waals surface area contributed by atoms with Crippen LogP contribution in [0.3, 0.4) is 0 Å². The molecule has 3 aliphatic rings. The Bertz CT molecular complexity index is 862. The number of epoxide rings is 1. The molecule has 2 aromatic carbocycles. The van der Waals surface area contributed by atoms with Crippen molar-refractivity contribution >= 4 is 23.6 Å². The van der Waals surface area contributed by atoms with E-state index in [0.29, 0.717) is 11.1 Å². The van der Waals surface area contributed by atoms with Gasteiger partial charge in [0.25, 0.3) is 11.8 Å². The quantitative estimate of drug-likeness (QED) is 0.614. The molecule has 0 radical (unpaired) electrons. The van der Waals surface area contributed by atoms with Gasteiger partial charge in [-0.15, -0.1) is 0 Å². The Kier molecular flexibility index (Phi) is 3.67. The van der Waals surface area contributed by atoms with Gasteiger partial charge in [-0.1, -0.05) is 41.6 Å². The summed E-state index contributed by atoms with van der Waals surface area (Å²) in [6.07, 6.45) is -0.283. The highest BCUT2D eigenvalue weighted by molar-refractivity contribution is 7.99. The van der Waals surface area contributed by atoms with Crippen molar-refractivity contribution in [2.24, 2.45) is 0 Å². The van der Waals surface area contributed by atoms with Crippen molar-refractivity contribution < 1.29 is 19.1 Å². The molecule has 132 valence electrons. The number of amides is 2. The van der Waals surface area contributed by atoms with Gasteiger partial charge in [-0.25, -0.2) is 0 Å². The Morgan fingerprint density at radius 3 is 2.23 bits per heavy atom. The van der Waals surface area contributed by atoms with E-state index in [4.69, 9.17) is 9.47 Å². The van der Waals surface area contributed by atoms with Gasteiger partial charge in [-0.05, 0) is 31.2 Å². The average Bonchev–Trinajstić information content (AvgIpc) is 3.34. The molecule has 0 saturated carbocycles. The molecule has 0 aromatic heterocycles. The molecule has 0 unspecified atom stereocenters. The van der Waals surface area contributed by atoms with Crippen molar-refractivity contribution in [3.63, 3.8) is 0 Å². The fourth-order valence-electron chi connectivity index (χ4n) is 3.56. The molecule has 2 fully saturated rings. The minimum Gasteiger partial charge on any atom is -0.363 e. The van der Waals surface area contributed by atoms with E-state index in [9.17, 15) is 9.59 Å². The van der Waals surface area contributed by atoms with Crippen LogP contribution in [0.4, 0.5) is 0 Å². The summed E-state index contributed by atoms with van der Waals surface area (Å²) < 4.78 is 11.8. The number of carbonyl (C=O) groups excluding carboxylic acids is 2. The van der Waals surface area contributed by atoms with Gasteiger partial charge in [-0.3, -0.25) is 14.5 Å². The summed E-state index contributed by atoms with van der Waals surface area (Å²) in [7, 11) is 0. The Balaban J connectivity index is 1.28. The molecule has 0 bridgehead atoms. The number of hydrogen-bond acceptors (Lipinski definition) is 5. The molecular formula is C20H17NO4S. The molecule has 2 amide bonds. The normalized spacial score (nSPS) is 29.0. The number of aryl methyl sites for hydroxylation is 1. The van der Waals surface area contributed by atoms with Crippen molar-refractivity contribution in [3.8, 4) is 0 Å². The number of thioether (sulfide) groups is 1. The number of fused-ring (bicyclic) bond motifs is 2. The van der Waals surface area contributed by atoms with Crippen LogP contribution < -0.4 is 0 Å². The minimum absolute atomic E-state index is 0.0292. The number of nitrogens with zero attached hydrogens (tertiary/aromatic N) is 1. The number of ether oxygens (including phenoxy) is 2. The first-order valence-electron chi connectivity index (χ1n) is 8.61. The molecule has 6 heteroatoms. The van der Waals surface area contributed by atoms with Crippen LogP contribution in [-0.4, -0.2) is 47.0 Å². The maximum atomic E-state index is 12.5. The highest BCUT2D eigenvalue weighted by atomic mass is 32.2. The standard InChI is InChI=1S/C20H17NO4S/c1-11-6-8-12(9-7-11)26-20-17-16(25-17)15(24-20)10-21-18(22)13-4-2-3-5-14(13)19(21)23/h2-9,15-17,20H,10H2,1H3/t15-,16+,17+,20-/m1/s1. The van der Waals surface area contributed by atoms with E-state index in [1.54, 1.807) is 36.0 Å². The second-order valence-electron chi connectivity index (χ2n) is 6.81. The lowest BCUT2D eigenvalue weighted by atomic mass is 10.1. The second-order valence-corrected chi connectivity index (χ2v) is 7.98. The predicted molar refractivity (Wildman–Crippen MR) is 96.2 cm³/mol. The van der Waals surface area contributed by atoms with E-state index < -0.39 is 0 Å². The fraction of sp³-hybridized carbons (Fsp3) is 0.300. The molecule has 3 heterocycles. The van der Waals surface area contributed by atoms with Gasteiger partial charge >= 0.3 is 0 Å². The van der Waals surface area contributed by atoms with E-state index in [1.165, 1.54) is 10.5 Å². The number of rotatable bonds is 4.